The molecule has 0 aliphatic carbocycles. The van der Waals surface area contributed by atoms with Crippen molar-refractivity contribution in [2.45, 2.75) is 20.8 Å². The number of rotatable bonds is 6. The Morgan fingerprint density at radius 3 is 1.61 bits per heavy atom. The second kappa shape index (κ2) is 7.79. The van der Waals surface area contributed by atoms with Crippen LogP contribution in [0.15, 0.2) is 72.8 Å². The molecule has 1 unspecified atom stereocenters. The molecular formula is C21H24O5P2. The SMILES string of the molecule is Cc1ccccc1OP(O)(O[PH](=O)O)(c1ccccc1C)c1ccccc1C. The number of benzene rings is 3. The minimum atomic E-state index is -5.00. The van der Waals surface area contributed by atoms with Crippen molar-refractivity contribution in [3.05, 3.63) is 89.5 Å². The normalized spacial score (nSPS) is 14.1. The second-order valence-electron chi connectivity index (χ2n) is 6.70. The predicted molar refractivity (Wildman–Crippen MR) is 115 cm³/mol. The van der Waals surface area contributed by atoms with Gasteiger partial charge in [0, 0.05) is 0 Å². The fraction of sp³-hybridized carbons (Fsp3) is 0.143. The molecule has 5 nitrogen and oxygen atoms in total. The molecule has 0 aliphatic rings. The van der Waals surface area contributed by atoms with E-state index in [1.165, 1.54) is 0 Å². The van der Waals surface area contributed by atoms with E-state index in [9.17, 15) is 14.4 Å². The molecule has 0 spiro atoms. The van der Waals surface area contributed by atoms with Gasteiger partial charge in [-0.25, -0.2) is 0 Å². The molecule has 0 aliphatic heterocycles. The van der Waals surface area contributed by atoms with Crippen molar-refractivity contribution in [1.29, 1.82) is 0 Å². The van der Waals surface area contributed by atoms with Crippen LogP contribution in [-0.2, 0) is 8.88 Å². The third kappa shape index (κ3) is 3.65. The number of hydrogen-bond acceptors (Lipinski definition) is 4. The number of aryl methyl sites for hydroxylation is 3. The monoisotopic (exact) mass is 418 g/mol. The Hall–Kier alpha value is -2.00. The maximum atomic E-state index is 12.4. The van der Waals surface area contributed by atoms with Crippen LogP contribution in [0.3, 0.4) is 0 Å². The fourth-order valence-corrected chi connectivity index (χ4v) is 8.56. The summed E-state index contributed by atoms with van der Waals surface area (Å²) in [5.41, 5.74) is 2.17. The van der Waals surface area contributed by atoms with Gasteiger partial charge in [-0.2, -0.15) is 0 Å². The zero-order chi connectivity index (χ0) is 20.4. The first-order valence-electron chi connectivity index (χ1n) is 8.83. The van der Waals surface area contributed by atoms with Crippen LogP contribution < -0.4 is 15.1 Å². The molecule has 0 fully saturated rings. The standard InChI is InChI=1S/C21H24O5P2/c1-16-10-4-7-13-19(16)25-28(24,26-27(22)23,20-14-8-5-11-17(20)2)21-15-9-6-12-18(21)3/h4-15,24,27H,1-3H3,(H,22,23). The Labute approximate surface area is 165 Å². The molecule has 3 aromatic carbocycles. The molecule has 148 valence electrons. The van der Waals surface area contributed by atoms with Crippen LogP contribution in [0.1, 0.15) is 16.7 Å². The van der Waals surface area contributed by atoms with Crippen LogP contribution in [0.25, 0.3) is 0 Å². The molecule has 3 aromatic rings. The van der Waals surface area contributed by atoms with Gasteiger partial charge in [-0.1, -0.05) is 0 Å². The molecule has 1 atom stereocenters. The Morgan fingerprint density at radius 2 is 1.18 bits per heavy atom. The average molecular weight is 418 g/mol. The summed E-state index contributed by atoms with van der Waals surface area (Å²) < 4.78 is 23.9. The molecule has 0 saturated carbocycles. The molecule has 0 radical (unpaired) electrons. The van der Waals surface area contributed by atoms with Gasteiger partial charge in [0.25, 0.3) is 0 Å². The topological polar surface area (TPSA) is 76.0 Å². The summed E-state index contributed by atoms with van der Waals surface area (Å²) in [4.78, 5) is 22.2. The molecule has 2 N–H and O–H groups in total. The molecule has 0 amide bonds. The van der Waals surface area contributed by atoms with Crippen LogP contribution in [-0.4, -0.2) is 9.79 Å². The van der Waals surface area contributed by atoms with Crippen LogP contribution in [0.2, 0.25) is 0 Å². The van der Waals surface area contributed by atoms with E-state index in [4.69, 9.17) is 8.83 Å². The summed E-state index contributed by atoms with van der Waals surface area (Å²) in [7, 11) is -8.58. The summed E-state index contributed by atoms with van der Waals surface area (Å²) in [5.74, 6) is 0.387. The number of hydrogen-bond donors (Lipinski definition) is 2. The third-order valence-electron chi connectivity index (χ3n) is 4.69. The molecule has 3 rings (SSSR count). The van der Waals surface area contributed by atoms with E-state index in [1.54, 1.807) is 36.4 Å². The molecule has 0 saturated heterocycles. The Bertz CT molecular complexity index is 989. The van der Waals surface area contributed by atoms with E-state index in [-0.39, 0.29) is 0 Å². The molecule has 0 aromatic heterocycles. The van der Waals surface area contributed by atoms with Gasteiger partial charge in [0.1, 0.15) is 0 Å². The molecule has 0 bridgehead atoms. The minimum absolute atomic E-state index is 0.360. The van der Waals surface area contributed by atoms with Crippen molar-refractivity contribution in [2.24, 2.45) is 0 Å². The van der Waals surface area contributed by atoms with Crippen LogP contribution >= 0.6 is 15.5 Å². The van der Waals surface area contributed by atoms with Gasteiger partial charge in [-0.15, -0.1) is 0 Å². The van der Waals surface area contributed by atoms with Gasteiger partial charge in [0.2, 0.25) is 0 Å². The first-order valence-corrected chi connectivity index (χ1v) is 12.1. The maximum absolute atomic E-state index is 12.4. The zero-order valence-corrected chi connectivity index (χ0v) is 17.9. The predicted octanol–water partition coefficient (Wildman–Crippen LogP) is 4.33. The molecule has 28 heavy (non-hydrogen) atoms. The molecule has 0 heterocycles. The Kier molecular flexibility index (Phi) is 5.77. The van der Waals surface area contributed by atoms with Crippen molar-refractivity contribution in [1.82, 2.24) is 0 Å². The van der Waals surface area contributed by atoms with Gasteiger partial charge in [0.05, 0.1) is 0 Å². The summed E-state index contributed by atoms with van der Waals surface area (Å²) in [6, 6.07) is 21.3. The summed E-state index contributed by atoms with van der Waals surface area (Å²) in [6.45, 7) is 5.46. The van der Waals surface area contributed by atoms with E-state index < -0.39 is 15.5 Å². The van der Waals surface area contributed by atoms with Crippen molar-refractivity contribution < 1.29 is 23.2 Å². The van der Waals surface area contributed by atoms with E-state index >= 15 is 0 Å². The third-order valence-corrected chi connectivity index (χ3v) is 9.91. The van der Waals surface area contributed by atoms with Crippen molar-refractivity contribution in [3.8, 4) is 5.75 Å². The second-order valence-corrected chi connectivity index (χ2v) is 10.9. The van der Waals surface area contributed by atoms with Gasteiger partial charge < -0.3 is 0 Å². The molecular weight excluding hydrogens is 394 g/mol. The van der Waals surface area contributed by atoms with Crippen molar-refractivity contribution >= 4 is 26.1 Å². The first-order chi connectivity index (χ1) is 13.2. The van der Waals surface area contributed by atoms with Gasteiger partial charge in [0.15, 0.2) is 0 Å². The Balaban J connectivity index is 2.43. The summed E-state index contributed by atoms with van der Waals surface area (Å²) >= 11 is 0. The van der Waals surface area contributed by atoms with E-state index in [2.05, 4.69) is 0 Å². The van der Waals surface area contributed by atoms with E-state index in [0.717, 1.165) is 5.56 Å². The van der Waals surface area contributed by atoms with E-state index in [0.29, 0.717) is 27.5 Å². The first kappa shape index (κ1) is 20.7. The Morgan fingerprint density at radius 1 is 0.750 bits per heavy atom. The van der Waals surface area contributed by atoms with Crippen molar-refractivity contribution in [2.75, 3.05) is 0 Å². The van der Waals surface area contributed by atoms with Crippen LogP contribution in [0.5, 0.6) is 5.75 Å². The quantitative estimate of drug-likeness (QED) is 0.583. The van der Waals surface area contributed by atoms with Crippen LogP contribution in [0, 0.1) is 20.8 Å². The van der Waals surface area contributed by atoms with Gasteiger partial charge in [-0.05, 0) is 0 Å². The summed E-state index contributed by atoms with van der Waals surface area (Å²) in [6.07, 6.45) is 0. The summed E-state index contributed by atoms with van der Waals surface area (Å²) in [5, 5.41) is 0.719. The average Bonchev–Trinajstić information content (AvgIpc) is 2.64. The van der Waals surface area contributed by atoms with Crippen molar-refractivity contribution in [3.63, 3.8) is 0 Å². The van der Waals surface area contributed by atoms with E-state index in [1.807, 2.05) is 57.2 Å². The fourth-order valence-electron chi connectivity index (χ4n) is 3.34. The number of para-hydroxylation sites is 1. The van der Waals surface area contributed by atoms with Gasteiger partial charge >= 0.3 is 165 Å². The van der Waals surface area contributed by atoms with Crippen LogP contribution in [0.4, 0.5) is 0 Å². The molecule has 7 heteroatoms. The van der Waals surface area contributed by atoms with Gasteiger partial charge in [-0.3, -0.25) is 0 Å². The zero-order valence-electron chi connectivity index (χ0n) is 16.0.